The highest BCUT2D eigenvalue weighted by Crippen LogP contribution is 2.27. The Labute approximate surface area is 173 Å². The molecule has 1 N–H and O–H groups in total. The molecule has 7 heteroatoms. The fourth-order valence-corrected chi connectivity index (χ4v) is 4.86. The molecule has 0 spiro atoms. The molecule has 0 aliphatic carbocycles. The number of benzene rings is 1. The van der Waals surface area contributed by atoms with E-state index in [0.717, 1.165) is 25.5 Å². The molecule has 1 amide bonds. The number of nitrogens with zero attached hydrogens (tertiary/aromatic N) is 3. The first-order valence-corrected chi connectivity index (χ1v) is 10.6. The minimum Gasteiger partial charge on any atom is -0.348 e. The van der Waals surface area contributed by atoms with Gasteiger partial charge in [0.05, 0.1) is 10.3 Å². The minimum atomic E-state index is -0.181. The second-order valence-corrected chi connectivity index (χ2v) is 8.23. The maximum Gasteiger partial charge on any atom is 0.262 e. The molecule has 0 bridgehead atoms. The Balaban J connectivity index is 1.62. The van der Waals surface area contributed by atoms with E-state index in [2.05, 4.69) is 28.9 Å². The third-order valence-corrected chi connectivity index (χ3v) is 6.47. The number of carbonyl (C=O) groups excluding carboxylic acids is 1. The van der Waals surface area contributed by atoms with Crippen molar-refractivity contribution in [2.45, 2.75) is 26.4 Å². The van der Waals surface area contributed by atoms with Crippen molar-refractivity contribution < 1.29 is 4.79 Å². The lowest BCUT2D eigenvalue weighted by Gasteiger charge is -2.19. The molecule has 0 radical (unpaired) electrons. The van der Waals surface area contributed by atoms with Crippen molar-refractivity contribution in [1.29, 1.82) is 0 Å². The summed E-state index contributed by atoms with van der Waals surface area (Å²) >= 11 is 1.30. The van der Waals surface area contributed by atoms with Crippen LogP contribution in [0.1, 0.15) is 26.6 Å². The highest BCUT2D eigenvalue weighted by Gasteiger charge is 2.23. The second kappa shape index (κ2) is 8.31. The van der Waals surface area contributed by atoms with E-state index in [1.165, 1.54) is 16.9 Å². The number of amides is 1. The number of rotatable bonds is 5. The highest BCUT2D eigenvalue weighted by molar-refractivity contribution is 7.20. The second-order valence-electron chi connectivity index (χ2n) is 7.23. The summed E-state index contributed by atoms with van der Waals surface area (Å²) in [6, 6.07) is 10.4. The Morgan fingerprint density at radius 2 is 2.07 bits per heavy atom. The first kappa shape index (κ1) is 19.5. The van der Waals surface area contributed by atoms with Gasteiger partial charge in [-0.05, 0) is 18.1 Å². The third kappa shape index (κ3) is 3.88. The predicted molar refractivity (Wildman–Crippen MR) is 117 cm³/mol. The van der Waals surface area contributed by atoms with Crippen molar-refractivity contribution in [2.24, 2.45) is 0 Å². The zero-order valence-electron chi connectivity index (χ0n) is 16.5. The number of hydrogen-bond acceptors (Lipinski definition) is 5. The van der Waals surface area contributed by atoms with Crippen LogP contribution >= 0.6 is 11.3 Å². The van der Waals surface area contributed by atoms with Crippen LogP contribution in [0.25, 0.3) is 10.2 Å². The number of hydrogen-bond donors (Lipinski definition) is 1. The van der Waals surface area contributed by atoms with Gasteiger partial charge in [0.25, 0.3) is 11.5 Å². The van der Waals surface area contributed by atoms with E-state index in [9.17, 15) is 9.59 Å². The van der Waals surface area contributed by atoms with E-state index in [4.69, 9.17) is 4.98 Å². The van der Waals surface area contributed by atoms with Crippen molar-refractivity contribution in [1.82, 2.24) is 19.8 Å². The van der Waals surface area contributed by atoms with Gasteiger partial charge < -0.3 is 5.32 Å². The van der Waals surface area contributed by atoms with Crippen LogP contribution in [0.4, 0.5) is 0 Å². The highest BCUT2D eigenvalue weighted by atomic mass is 32.1. The van der Waals surface area contributed by atoms with Gasteiger partial charge in [-0.2, -0.15) is 0 Å². The van der Waals surface area contributed by atoms with Crippen LogP contribution in [0, 0.1) is 6.92 Å². The molecule has 6 nitrogen and oxygen atoms in total. The number of fused-ring (bicyclic) bond motifs is 2. The molecule has 3 aromatic rings. The number of aryl methyl sites for hydroxylation is 1. The fourth-order valence-electron chi connectivity index (χ4n) is 3.75. The van der Waals surface area contributed by atoms with Crippen molar-refractivity contribution in [3.8, 4) is 0 Å². The maximum absolute atomic E-state index is 13.2. The smallest absolute Gasteiger partial charge is 0.262 e. The maximum atomic E-state index is 13.2. The summed E-state index contributed by atoms with van der Waals surface area (Å²) in [5.74, 6) is 0.622. The van der Waals surface area contributed by atoms with Crippen LogP contribution in [-0.2, 0) is 19.5 Å². The van der Waals surface area contributed by atoms with Crippen molar-refractivity contribution in [3.63, 3.8) is 0 Å². The Hall–Kier alpha value is -2.77. The zero-order chi connectivity index (χ0) is 20.4. The standard InChI is InChI=1S/C22H24N4O2S/c1-3-10-23-20(27)19-15(2)18-21(29-19)24-17-9-11-25(12-13-26(17)22(18)28)14-16-7-5-4-6-8-16/h3-8H,1,9-14H2,2H3,(H,23,27). The van der Waals surface area contributed by atoms with Crippen molar-refractivity contribution in [2.75, 3.05) is 19.6 Å². The zero-order valence-corrected chi connectivity index (χ0v) is 17.3. The van der Waals surface area contributed by atoms with E-state index >= 15 is 0 Å². The van der Waals surface area contributed by atoms with Gasteiger partial charge in [0.15, 0.2) is 0 Å². The van der Waals surface area contributed by atoms with Gasteiger partial charge in [-0.3, -0.25) is 19.1 Å². The van der Waals surface area contributed by atoms with E-state index in [0.29, 0.717) is 40.2 Å². The average Bonchev–Trinajstić information content (AvgIpc) is 2.92. The summed E-state index contributed by atoms with van der Waals surface area (Å²) in [4.78, 5) is 34.0. The summed E-state index contributed by atoms with van der Waals surface area (Å²) in [6.45, 7) is 8.96. The molecule has 4 rings (SSSR count). The SMILES string of the molecule is C=CCNC(=O)c1sc2nc3n(c(=O)c2c1C)CCN(Cc1ccccc1)CC3. The molecule has 150 valence electrons. The van der Waals surface area contributed by atoms with E-state index in [-0.39, 0.29) is 11.5 Å². The minimum absolute atomic E-state index is 0.0388. The van der Waals surface area contributed by atoms with Gasteiger partial charge in [0, 0.05) is 39.1 Å². The van der Waals surface area contributed by atoms with Crippen LogP contribution < -0.4 is 10.9 Å². The number of carbonyl (C=O) groups is 1. The molecule has 29 heavy (non-hydrogen) atoms. The molecule has 0 saturated heterocycles. The molecule has 0 atom stereocenters. The van der Waals surface area contributed by atoms with Gasteiger partial charge >= 0.3 is 0 Å². The van der Waals surface area contributed by atoms with Crippen LogP contribution in [-0.4, -0.2) is 40.0 Å². The lowest BCUT2D eigenvalue weighted by atomic mass is 10.2. The molecule has 3 heterocycles. The monoisotopic (exact) mass is 408 g/mol. The Kier molecular flexibility index (Phi) is 5.60. The van der Waals surface area contributed by atoms with E-state index in [1.807, 2.05) is 25.1 Å². The number of thiophene rings is 1. The number of nitrogens with one attached hydrogen (secondary N) is 1. The summed E-state index contributed by atoms with van der Waals surface area (Å²) in [5.41, 5.74) is 1.94. The van der Waals surface area contributed by atoms with Gasteiger partial charge in [-0.25, -0.2) is 4.98 Å². The van der Waals surface area contributed by atoms with Gasteiger partial charge in [0.2, 0.25) is 0 Å². The van der Waals surface area contributed by atoms with E-state index < -0.39 is 0 Å². The lowest BCUT2D eigenvalue weighted by molar-refractivity contribution is 0.0961. The van der Waals surface area contributed by atoms with Crippen LogP contribution in [0.5, 0.6) is 0 Å². The normalized spacial score (nSPS) is 14.4. The number of aromatic nitrogens is 2. The fraction of sp³-hybridized carbons (Fsp3) is 0.318. The van der Waals surface area contributed by atoms with Crippen molar-refractivity contribution in [3.05, 3.63) is 75.2 Å². The van der Waals surface area contributed by atoms with Gasteiger partial charge in [0.1, 0.15) is 10.7 Å². The summed E-state index contributed by atoms with van der Waals surface area (Å²) in [7, 11) is 0. The first-order chi connectivity index (χ1) is 14.1. The molecule has 0 unspecified atom stereocenters. The molecule has 1 aliphatic heterocycles. The Bertz CT molecular complexity index is 1120. The predicted octanol–water partition coefficient (Wildman–Crippen LogP) is 2.74. The topological polar surface area (TPSA) is 67.2 Å². The Morgan fingerprint density at radius 3 is 2.83 bits per heavy atom. The van der Waals surface area contributed by atoms with Crippen LogP contribution in [0.2, 0.25) is 0 Å². The summed E-state index contributed by atoms with van der Waals surface area (Å²) in [6.07, 6.45) is 2.35. The van der Waals surface area contributed by atoms with Crippen LogP contribution in [0.3, 0.4) is 0 Å². The van der Waals surface area contributed by atoms with E-state index in [1.54, 1.807) is 10.6 Å². The van der Waals surface area contributed by atoms with Crippen LogP contribution in [0.15, 0.2) is 47.8 Å². The van der Waals surface area contributed by atoms with Gasteiger partial charge in [-0.1, -0.05) is 36.4 Å². The molecule has 2 aromatic heterocycles. The third-order valence-electron chi connectivity index (χ3n) is 5.28. The molecular formula is C22H24N4O2S. The summed E-state index contributed by atoms with van der Waals surface area (Å²) in [5, 5.41) is 3.36. The first-order valence-electron chi connectivity index (χ1n) is 9.76. The summed E-state index contributed by atoms with van der Waals surface area (Å²) < 4.78 is 1.79. The Morgan fingerprint density at radius 1 is 1.28 bits per heavy atom. The molecule has 0 saturated carbocycles. The average molecular weight is 409 g/mol. The molecule has 1 aromatic carbocycles. The van der Waals surface area contributed by atoms with Gasteiger partial charge in [-0.15, -0.1) is 17.9 Å². The van der Waals surface area contributed by atoms with Crippen molar-refractivity contribution >= 4 is 27.5 Å². The quantitative estimate of drug-likeness (QED) is 0.659. The molecular weight excluding hydrogens is 384 g/mol. The molecule has 1 aliphatic rings. The molecule has 0 fully saturated rings. The lowest BCUT2D eigenvalue weighted by Crippen LogP contribution is -2.28. The largest absolute Gasteiger partial charge is 0.348 e.